The van der Waals surface area contributed by atoms with E-state index < -0.39 is 0 Å². The molecule has 2 heteroatoms. The van der Waals surface area contributed by atoms with Crippen molar-refractivity contribution in [2.75, 3.05) is 13.1 Å². The summed E-state index contributed by atoms with van der Waals surface area (Å²) in [5.74, 6) is 1.11. The van der Waals surface area contributed by atoms with Crippen molar-refractivity contribution < 1.29 is 4.79 Å². The highest BCUT2D eigenvalue weighted by Crippen LogP contribution is 2.17. The molecular formula is C16H23NO. The Bertz CT molecular complexity index is 388. The van der Waals surface area contributed by atoms with Gasteiger partial charge in [-0.3, -0.25) is 4.79 Å². The van der Waals surface area contributed by atoms with E-state index in [9.17, 15) is 4.79 Å². The smallest absolute Gasteiger partial charge is 0.222 e. The highest BCUT2D eigenvalue weighted by Gasteiger charge is 2.19. The third kappa shape index (κ3) is 3.59. The topological polar surface area (TPSA) is 20.3 Å². The number of hydrogen-bond donors (Lipinski definition) is 0. The van der Waals surface area contributed by atoms with Crippen LogP contribution in [-0.2, 0) is 11.2 Å². The molecule has 1 heterocycles. The van der Waals surface area contributed by atoms with Crippen LogP contribution in [0.2, 0.25) is 0 Å². The minimum atomic E-state index is 0.322. The molecule has 0 aromatic heterocycles. The third-order valence-electron chi connectivity index (χ3n) is 3.88. The highest BCUT2D eigenvalue weighted by atomic mass is 16.2. The lowest BCUT2D eigenvalue weighted by Gasteiger charge is -2.30. The molecule has 2 rings (SSSR count). The Morgan fingerprint density at radius 3 is 2.44 bits per heavy atom. The zero-order valence-corrected chi connectivity index (χ0v) is 11.5. The molecule has 0 unspecified atom stereocenters. The quantitative estimate of drug-likeness (QED) is 0.801. The zero-order valence-electron chi connectivity index (χ0n) is 11.5. The predicted molar refractivity (Wildman–Crippen MR) is 74.5 cm³/mol. The fourth-order valence-electron chi connectivity index (χ4n) is 2.42. The number of carbonyl (C=O) groups excluding carboxylic acids is 1. The molecule has 1 amide bonds. The molecule has 1 aliphatic heterocycles. The summed E-state index contributed by atoms with van der Waals surface area (Å²) < 4.78 is 0. The molecule has 0 atom stereocenters. The SMILES string of the molecule is Cc1ccc(CCC(=O)N2CCC(C)CC2)cc1. The van der Waals surface area contributed by atoms with Crippen LogP contribution in [0.15, 0.2) is 24.3 Å². The van der Waals surface area contributed by atoms with E-state index in [1.165, 1.54) is 11.1 Å². The Morgan fingerprint density at radius 1 is 1.22 bits per heavy atom. The fourth-order valence-corrected chi connectivity index (χ4v) is 2.42. The summed E-state index contributed by atoms with van der Waals surface area (Å²) in [5, 5.41) is 0. The van der Waals surface area contributed by atoms with Gasteiger partial charge in [-0.25, -0.2) is 0 Å². The second-order valence-corrected chi connectivity index (χ2v) is 5.55. The average Bonchev–Trinajstić information content (AvgIpc) is 2.38. The number of rotatable bonds is 3. The van der Waals surface area contributed by atoms with Gasteiger partial charge in [-0.15, -0.1) is 0 Å². The fraction of sp³-hybridized carbons (Fsp3) is 0.562. The summed E-state index contributed by atoms with van der Waals surface area (Å²) in [5.41, 5.74) is 2.54. The van der Waals surface area contributed by atoms with E-state index in [-0.39, 0.29) is 0 Å². The Kier molecular flexibility index (Phi) is 4.40. The molecular weight excluding hydrogens is 222 g/mol. The van der Waals surface area contributed by atoms with Crippen molar-refractivity contribution in [1.82, 2.24) is 4.90 Å². The van der Waals surface area contributed by atoms with Gasteiger partial charge in [-0.1, -0.05) is 36.8 Å². The lowest BCUT2D eigenvalue weighted by Crippen LogP contribution is -2.37. The second-order valence-electron chi connectivity index (χ2n) is 5.55. The normalized spacial score (nSPS) is 16.9. The predicted octanol–water partition coefficient (Wildman–Crippen LogP) is 3.19. The van der Waals surface area contributed by atoms with Crippen molar-refractivity contribution in [2.24, 2.45) is 5.92 Å². The monoisotopic (exact) mass is 245 g/mol. The number of nitrogens with zero attached hydrogens (tertiary/aromatic N) is 1. The molecule has 0 bridgehead atoms. The van der Waals surface area contributed by atoms with Crippen LogP contribution >= 0.6 is 0 Å². The zero-order chi connectivity index (χ0) is 13.0. The Hall–Kier alpha value is -1.31. The molecule has 1 aliphatic rings. The largest absolute Gasteiger partial charge is 0.343 e. The first-order valence-electron chi connectivity index (χ1n) is 6.98. The van der Waals surface area contributed by atoms with Crippen LogP contribution in [-0.4, -0.2) is 23.9 Å². The van der Waals surface area contributed by atoms with Crippen molar-refractivity contribution in [3.8, 4) is 0 Å². The van der Waals surface area contributed by atoms with Gasteiger partial charge in [-0.2, -0.15) is 0 Å². The number of benzene rings is 1. The van der Waals surface area contributed by atoms with Gasteiger partial charge in [0.15, 0.2) is 0 Å². The van der Waals surface area contributed by atoms with E-state index in [2.05, 4.69) is 38.1 Å². The summed E-state index contributed by atoms with van der Waals surface area (Å²) in [6.07, 6.45) is 3.84. The van der Waals surface area contributed by atoms with Crippen LogP contribution in [0, 0.1) is 12.8 Å². The summed E-state index contributed by atoms with van der Waals surface area (Å²) in [6.45, 7) is 6.26. The number of amides is 1. The minimum Gasteiger partial charge on any atom is -0.343 e. The van der Waals surface area contributed by atoms with E-state index in [0.29, 0.717) is 12.3 Å². The third-order valence-corrected chi connectivity index (χ3v) is 3.88. The van der Waals surface area contributed by atoms with Gasteiger partial charge in [0.05, 0.1) is 0 Å². The molecule has 0 N–H and O–H groups in total. The molecule has 1 fully saturated rings. The lowest BCUT2D eigenvalue weighted by atomic mass is 9.98. The van der Waals surface area contributed by atoms with Gasteiger partial charge in [0.25, 0.3) is 0 Å². The van der Waals surface area contributed by atoms with Crippen LogP contribution in [0.25, 0.3) is 0 Å². The van der Waals surface area contributed by atoms with Crippen LogP contribution in [0.4, 0.5) is 0 Å². The minimum absolute atomic E-state index is 0.322. The standard InChI is InChI=1S/C16H23NO/c1-13-3-5-15(6-4-13)7-8-16(18)17-11-9-14(2)10-12-17/h3-6,14H,7-12H2,1-2H3. The van der Waals surface area contributed by atoms with E-state index in [4.69, 9.17) is 0 Å². The van der Waals surface area contributed by atoms with Gasteiger partial charge in [-0.05, 0) is 37.7 Å². The summed E-state index contributed by atoms with van der Waals surface area (Å²) in [7, 11) is 0. The number of likely N-dealkylation sites (tertiary alicyclic amines) is 1. The Labute approximate surface area is 110 Å². The molecule has 0 radical (unpaired) electrons. The summed E-state index contributed by atoms with van der Waals surface area (Å²) in [4.78, 5) is 14.1. The number of aryl methyl sites for hydroxylation is 2. The maximum absolute atomic E-state index is 12.1. The van der Waals surface area contributed by atoms with E-state index in [1.54, 1.807) is 0 Å². The second kappa shape index (κ2) is 6.03. The molecule has 98 valence electrons. The molecule has 18 heavy (non-hydrogen) atoms. The molecule has 0 aliphatic carbocycles. The Balaban J connectivity index is 1.79. The van der Waals surface area contributed by atoms with Crippen LogP contribution < -0.4 is 0 Å². The summed E-state index contributed by atoms with van der Waals surface area (Å²) >= 11 is 0. The van der Waals surface area contributed by atoms with E-state index in [0.717, 1.165) is 38.3 Å². The summed E-state index contributed by atoms with van der Waals surface area (Å²) in [6, 6.07) is 8.48. The molecule has 1 aromatic rings. The van der Waals surface area contributed by atoms with E-state index in [1.807, 2.05) is 4.90 Å². The molecule has 0 saturated carbocycles. The van der Waals surface area contributed by atoms with Gasteiger partial charge in [0, 0.05) is 19.5 Å². The number of carbonyl (C=O) groups is 1. The number of piperidine rings is 1. The van der Waals surface area contributed by atoms with Gasteiger partial charge in [0.2, 0.25) is 5.91 Å². The first kappa shape index (κ1) is 13.1. The first-order chi connectivity index (χ1) is 8.65. The van der Waals surface area contributed by atoms with Crippen molar-refractivity contribution in [2.45, 2.75) is 39.5 Å². The first-order valence-corrected chi connectivity index (χ1v) is 6.98. The van der Waals surface area contributed by atoms with Crippen molar-refractivity contribution >= 4 is 5.91 Å². The maximum atomic E-state index is 12.1. The van der Waals surface area contributed by atoms with Crippen molar-refractivity contribution in [3.05, 3.63) is 35.4 Å². The van der Waals surface area contributed by atoms with Crippen LogP contribution in [0.1, 0.15) is 37.3 Å². The molecule has 0 spiro atoms. The van der Waals surface area contributed by atoms with Crippen LogP contribution in [0.5, 0.6) is 0 Å². The van der Waals surface area contributed by atoms with Crippen LogP contribution in [0.3, 0.4) is 0 Å². The van der Waals surface area contributed by atoms with Gasteiger partial charge < -0.3 is 4.90 Å². The molecule has 2 nitrogen and oxygen atoms in total. The van der Waals surface area contributed by atoms with E-state index >= 15 is 0 Å². The molecule has 1 saturated heterocycles. The Morgan fingerprint density at radius 2 is 1.83 bits per heavy atom. The number of hydrogen-bond acceptors (Lipinski definition) is 1. The average molecular weight is 245 g/mol. The molecule has 1 aromatic carbocycles. The van der Waals surface area contributed by atoms with Gasteiger partial charge >= 0.3 is 0 Å². The van der Waals surface area contributed by atoms with Gasteiger partial charge in [0.1, 0.15) is 0 Å². The highest BCUT2D eigenvalue weighted by molar-refractivity contribution is 5.76. The lowest BCUT2D eigenvalue weighted by molar-refractivity contribution is -0.132. The van der Waals surface area contributed by atoms with Crippen molar-refractivity contribution in [3.63, 3.8) is 0 Å². The maximum Gasteiger partial charge on any atom is 0.222 e. The van der Waals surface area contributed by atoms with Crippen molar-refractivity contribution in [1.29, 1.82) is 0 Å².